The summed E-state index contributed by atoms with van der Waals surface area (Å²) in [6.07, 6.45) is 2.59. The molecule has 4 nitrogen and oxygen atoms in total. The van der Waals surface area contributed by atoms with E-state index in [4.69, 9.17) is 9.47 Å². The lowest BCUT2D eigenvalue weighted by molar-refractivity contribution is 0.101. The van der Waals surface area contributed by atoms with Gasteiger partial charge in [-0.15, -0.1) is 0 Å². The summed E-state index contributed by atoms with van der Waals surface area (Å²) in [5, 5.41) is 9.83. The van der Waals surface area contributed by atoms with Crippen LogP contribution in [0.15, 0.2) is 24.0 Å². The highest BCUT2D eigenvalue weighted by Crippen LogP contribution is 2.34. The quantitative estimate of drug-likeness (QED) is 0.643. The molecule has 0 saturated carbocycles. The average Bonchev–Trinajstić information content (AvgIpc) is 2.34. The zero-order valence-corrected chi connectivity index (χ0v) is 11.1. The van der Waals surface area contributed by atoms with Crippen LogP contribution in [0.5, 0.6) is 17.2 Å². The number of carbonyl (C=O) groups is 1. The van der Waals surface area contributed by atoms with Gasteiger partial charge in [-0.1, -0.05) is 6.92 Å². The molecule has 0 aromatic heterocycles. The molecule has 0 aliphatic carbocycles. The molecule has 0 spiro atoms. The predicted molar refractivity (Wildman–Crippen MR) is 69.3 cm³/mol. The largest absolute Gasteiger partial charge is 0.507 e. The molecule has 4 heteroatoms. The van der Waals surface area contributed by atoms with Crippen LogP contribution in [0.3, 0.4) is 0 Å². The highest BCUT2D eigenvalue weighted by atomic mass is 16.5. The molecule has 0 atom stereocenters. The van der Waals surface area contributed by atoms with Crippen molar-refractivity contribution in [1.82, 2.24) is 0 Å². The van der Waals surface area contributed by atoms with E-state index in [-0.39, 0.29) is 17.1 Å². The van der Waals surface area contributed by atoms with Crippen molar-refractivity contribution in [2.45, 2.75) is 27.2 Å². The van der Waals surface area contributed by atoms with Crippen LogP contribution in [-0.2, 0) is 0 Å². The fourth-order valence-electron chi connectivity index (χ4n) is 1.64. The van der Waals surface area contributed by atoms with Crippen molar-refractivity contribution in [2.75, 3.05) is 7.11 Å². The van der Waals surface area contributed by atoms with E-state index in [1.807, 2.05) is 19.9 Å². The Morgan fingerprint density at radius 1 is 1.44 bits per heavy atom. The number of phenols is 1. The van der Waals surface area contributed by atoms with Gasteiger partial charge < -0.3 is 14.6 Å². The van der Waals surface area contributed by atoms with Gasteiger partial charge in [-0.25, -0.2) is 0 Å². The number of ketones is 1. The highest BCUT2D eigenvalue weighted by molar-refractivity contribution is 5.99. The van der Waals surface area contributed by atoms with E-state index in [1.54, 1.807) is 6.07 Å². The van der Waals surface area contributed by atoms with Gasteiger partial charge in [0.15, 0.2) is 5.78 Å². The lowest BCUT2D eigenvalue weighted by atomic mass is 10.1. The first-order chi connectivity index (χ1) is 8.53. The van der Waals surface area contributed by atoms with E-state index >= 15 is 0 Å². The lowest BCUT2D eigenvalue weighted by Crippen LogP contribution is -2.00. The van der Waals surface area contributed by atoms with Crippen molar-refractivity contribution in [1.29, 1.82) is 0 Å². The van der Waals surface area contributed by atoms with Crippen LogP contribution in [0.4, 0.5) is 0 Å². The zero-order chi connectivity index (χ0) is 13.7. The number of carbonyl (C=O) groups excluding carboxylic acids is 1. The molecule has 0 saturated heterocycles. The molecule has 0 aliphatic heterocycles. The number of phenolic OH excluding ortho intramolecular Hbond substituents is 1. The number of allylic oxidation sites excluding steroid dienone is 2. The maximum Gasteiger partial charge on any atom is 0.167 e. The van der Waals surface area contributed by atoms with Crippen LogP contribution in [0.25, 0.3) is 0 Å². The summed E-state index contributed by atoms with van der Waals surface area (Å²) in [6, 6.07) is 3.01. The lowest BCUT2D eigenvalue weighted by Gasteiger charge is -2.13. The fourth-order valence-corrected chi connectivity index (χ4v) is 1.64. The predicted octanol–water partition coefficient (Wildman–Crippen LogP) is 3.30. The van der Waals surface area contributed by atoms with Crippen molar-refractivity contribution in [3.63, 3.8) is 0 Å². The van der Waals surface area contributed by atoms with Gasteiger partial charge >= 0.3 is 0 Å². The Morgan fingerprint density at radius 2 is 2.11 bits per heavy atom. The number of methoxy groups -OCH3 is 1. The number of rotatable bonds is 5. The molecule has 1 N–H and O–H groups in total. The smallest absolute Gasteiger partial charge is 0.167 e. The number of hydrogen-bond donors (Lipinski definition) is 1. The van der Waals surface area contributed by atoms with Crippen molar-refractivity contribution >= 4 is 5.78 Å². The third-order valence-electron chi connectivity index (χ3n) is 2.55. The molecule has 0 bridgehead atoms. The van der Waals surface area contributed by atoms with Crippen LogP contribution >= 0.6 is 0 Å². The van der Waals surface area contributed by atoms with E-state index in [2.05, 4.69) is 0 Å². The highest BCUT2D eigenvalue weighted by Gasteiger charge is 2.16. The first-order valence-electron chi connectivity index (χ1n) is 5.78. The molecule has 1 aromatic carbocycles. The number of Topliss-reactive ketones (excluding diaryl/α,β-unsaturated/α-hetero) is 1. The SMILES string of the molecule is CC=C(CC)Oc1cc(O)c(C(C)=O)c(OC)c1. The Hall–Kier alpha value is -1.97. The number of hydrogen-bond acceptors (Lipinski definition) is 4. The van der Waals surface area contributed by atoms with E-state index in [0.29, 0.717) is 11.5 Å². The van der Waals surface area contributed by atoms with E-state index in [9.17, 15) is 9.90 Å². The second kappa shape index (κ2) is 6.10. The van der Waals surface area contributed by atoms with Crippen molar-refractivity contribution in [3.05, 3.63) is 29.5 Å². The Kier molecular flexibility index (Phi) is 4.77. The maximum absolute atomic E-state index is 11.4. The van der Waals surface area contributed by atoms with Gasteiger partial charge in [0.05, 0.1) is 12.9 Å². The van der Waals surface area contributed by atoms with Crippen LogP contribution in [0.2, 0.25) is 0 Å². The summed E-state index contributed by atoms with van der Waals surface area (Å²) in [6.45, 7) is 5.22. The molecular weight excluding hydrogens is 232 g/mol. The summed E-state index contributed by atoms with van der Waals surface area (Å²) in [5.74, 6) is 1.15. The van der Waals surface area contributed by atoms with Crippen LogP contribution in [0.1, 0.15) is 37.6 Å². The first kappa shape index (κ1) is 14.1. The minimum absolute atomic E-state index is 0.136. The number of benzene rings is 1. The second-order valence-electron chi connectivity index (χ2n) is 3.79. The zero-order valence-electron chi connectivity index (χ0n) is 11.1. The Bertz CT molecular complexity index is 475. The number of ether oxygens (including phenoxy) is 2. The van der Waals surface area contributed by atoms with Crippen LogP contribution < -0.4 is 9.47 Å². The van der Waals surface area contributed by atoms with Crippen molar-refractivity contribution in [3.8, 4) is 17.2 Å². The first-order valence-corrected chi connectivity index (χ1v) is 5.78. The molecule has 98 valence electrons. The van der Waals surface area contributed by atoms with Gasteiger partial charge in [-0.05, 0) is 19.9 Å². The Balaban J connectivity index is 3.18. The van der Waals surface area contributed by atoms with E-state index < -0.39 is 0 Å². The molecule has 0 heterocycles. The normalized spacial score (nSPS) is 11.2. The molecule has 0 aliphatic rings. The average molecular weight is 250 g/mol. The van der Waals surface area contributed by atoms with Gasteiger partial charge in [0.2, 0.25) is 0 Å². The van der Waals surface area contributed by atoms with Gasteiger partial charge in [0.25, 0.3) is 0 Å². The maximum atomic E-state index is 11.4. The molecule has 1 rings (SSSR count). The minimum atomic E-state index is -0.252. The molecular formula is C14H18O4. The fraction of sp³-hybridized carbons (Fsp3) is 0.357. The molecule has 1 aromatic rings. The Labute approximate surface area is 107 Å². The second-order valence-corrected chi connectivity index (χ2v) is 3.79. The molecule has 0 radical (unpaired) electrons. The molecule has 0 unspecified atom stereocenters. The topological polar surface area (TPSA) is 55.8 Å². The monoisotopic (exact) mass is 250 g/mol. The third kappa shape index (κ3) is 3.03. The van der Waals surface area contributed by atoms with Crippen molar-refractivity contribution < 1.29 is 19.4 Å². The minimum Gasteiger partial charge on any atom is -0.507 e. The molecule has 18 heavy (non-hydrogen) atoms. The van der Waals surface area contributed by atoms with E-state index in [0.717, 1.165) is 12.2 Å². The standard InChI is InChI=1S/C14H18O4/c1-5-10(6-2)18-11-7-12(16)14(9(3)15)13(8-11)17-4/h5,7-8,16H,6H2,1-4H3. The molecule has 0 fully saturated rings. The van der Waals surface area contributed by atoms with Crippen molar-refractivity contribution in [2.24, 2.45) is 0 Å². The van der Waals surface area contributed by atoms with Gasteiger partial charge in [0.1, 0.15) is 22.8 Å². The molecule has 0 amide bonds. The van der Waals surface area contributed by atoms with Gasteiger partial charge in [0, 0.05) is 18.6 Å². The summed E-state index contributed by atoms with van der Waals surface area (Å²) in [5.41, 5.74) is 0.170. The summed E-state index contributed by atoms with van der Waals surface area (Å²) in [7, 11) is 1.45. The van der Waals surface area contributed by atoms with E-state index in [1.165, 1.54) is 20.1 Å². The summed E-state index contributed by atoms with van der Waals surface area (Å²) < 4.78 is 10.7. The number of aromatic hydroxyl groups is 1. The van der Waals surface area contributed by atoms with Gasteiger partial charge in [-0.2, -0.15) is 0 Å². The van der Waals surface area contributed by atoms with Crippen LogP contribution in [-0.4, -0.2) is 18.0 Å². The van der Waals surface area contributed by atoms with Crippen LogP contribution in [0, 0.1) is 0 Å². The summed E-state index contributed by atoms with van der Waals surface area (Å²) in [4.78, 5) is 11.4. The summed E-state index contributed by atoms with van der Waals surface area (Å²) >= 11 is 0. The Morgan fingerprint density at radius 3 is 2.56 bits per heavy atom. The third-order valence-corrected chi connectivity index (χ3v) is 2.55. The van der Waals surface area contributed by atoms with Gasteiger partial charge in [-0.3, -0.25) is 4.79 Å².